The van der Waals surface area contributed by atoms with Gasteiger partial charge in [0.05, 0.1) is 18.6 Å². The fraction of sp³-hybridized carbons (Fsp3) is 0.214. The first-order chi connectivity index (χ1) is 9.22. The minimum absolute atomic E-state index is 0.00388. The van der Waals surface area contributed by atoms with Crippen molar-refractivity contribution < 1.29 is 14.6 Å². The summed E-state index contributed by atoms with van der Waals surface area (Å²) < 4.78 is 5.04. The Morgan fingerprint density at radius 2 is 2.16 bits per heavy atom. The third-order valence-corrected chi connectivity index (χ3v) is 3.57. The zero-order chi connectivity index (χ0) is 13.7. The number of hydrogen-bond acceptors (Lipinski definition) is 4. The summed E-state index contributed by atoms with van der Waals surface area (Å²) in [4.78, 5) is 12.5. The van der Waals surface area contributed by atoms with E-state index < -0.39 is 0 Å². The first-order valence-electron chi connectivity index (χ1n) is 5.82. The summed E-state index contributed by atoms with van der Waals surface area (Å²) >= 11 is 1.35. The second-order valence-electron chi connectivity index (χ2n) is 4.01. The number of aliphatic hydroxyl groups is 1. The second kappa shape index (κ2) is 6.36. The van der Waals surface area contributed by atoms with E-state index >= 15 is 0 Å². The van der Waals surface area contributed by atoms with E-state index in [1.807, 2.05) is 24.3 Å². The minimum Gasteiger partial charge on any atom is -0.496 e. The summed E-state index contributed by atoms with van der Waals surface area (Å²) in [5.41, 5.74) is 1.80. The average Bonchev–Trinajstić information content (AvgIpc) is 2.94. The maximum atomic E-state index is 11.9. The molecular formula is C14H15NO3S. The summed E-state index contributed by atoms with van der Waals surface area (Å²) in [5, 5.41) is 13.7. The van der Waals surface area contributed by atoms with Crippen molar-refractivity contribution in [3.8, 4) is 5.75 Å². The summed E-state index contributed by atoms with van der Waals surface area (Å²) in [6.45, 7) is 0.441. The van der Waals surface area contributed by atoms with Crippen LogP contribution in [-0.2, 0) is 13.2 Å². The molecule has 0 spiro atoms. The SMILES string of the molecule is COc1csc(C(=O)NCc2cccc(CO)c2)c1. The van der Waals surface area contributed by atoms with E-state index in [2.05, 4.69) is 5.32 Å². The van der Waals surface area contributed by atoms with E-state index in [0.29, 0.717) is 17.2 Å². The van der Waals surface area contributed by atoms with Crippen molar-refractivity contribution in [2.45, 2.75) is 13.2 Å². The highest BCUT2D eigenvalue weighted by Crippen LogP contribution is 2.20. The molecule has 0 fully saturated rings. The third kappa shape index (κ3) is 3.56. The number of ether oxygens (including phenoxy) is 1. The van der Waals surface area contributed by atoms with Crippen LogP contribution in [-0.4, -0.2) is 18.1 Å². The number of carbonyl (C=O) groups excluding carboxylic acids is 1. The molecule has 1 amide bonds. The molecule has 0 saturated carbocycles. The lowest BCUT2D eigenvalue weighted by atomic mass is 10.1. The molecule has 0 unspecified atom stereocenters. The monoisotopic (exact) mass is 277 g/mol. The van der Waals surface area contributed by atoms with Gasteiger partial charge in [0, 0.05) is 18.0 Å². The summed E-state index contributed by atoms with van der Waals surface area (Å²) in [6, 6.07) is 9.20. The molecule has 2 rings (SSSR count). The minimum atomic E-state index is -0.122. The highest BCUT2D eigenvalue weighted by molar-refractivity contribution is 7.12. The van der Waals surface area contributed by atoms with Gasteiger partial charge in [-0.25, -0.2) is 0 Å². The fourth-order valence-electron chi connectivity index (χ4n) is 1.65. The van der Waals surface area contributed by atoms with Crippen molar-refractivity contribution >= 4 is 17.2 Å². The summed E-state index contributed by atoms with van der Waals surface area (Å²) in [5.74, 6) is 0.570. The first-order valence-corrected chi connectivity index (χ1v) is 6.70. The van der Waals surface area contributed by atoms with Crippen LogP contribution in [0.2, 0.25) is 0 Å². The number of hydrogen-bond donors (Lipinski definition) is 2. The topological polar surface area (TPSA) is 58.6 Å². The van der Waals surface area contributed by atoms with Gasteiger partial charge in [-0.2, -0.15) is 0 Å². The van der Waals surface area contributed by atoms with Gasteiger partial charge in [0.2, 0.25) is 0 Å². The third-order valence-electron chi connectivity index (χ3n) is 2.66. The van der Waals surface area contributed by atoms with Gasteiger partial charge in [-0.05, 0) is 11.1 Å². The van der Waals surface area contributed by atoms with Crippen LogP contribution in [0.4, 0.5) is 0 Å². The Kier molecular flexibility index (Phi) is 4.54. The molecule has 2 aromatic rings. The fourth-order valence-corrected chi connectivity index (χ4v) is 2.42. The number of rotatable bonds is 5. The molecule has 0 bridgehead atoms. The van der Waals surface area contributed by atoms with Gasteiger partial charge in [0.1, 0.15) is 5.75 Å². The molecule has 4 nitrogen and oxygen atoms in total. The molecule has 5 heteroatoms. The lowest BCUT2D eigenvalue weighted by Gasteiger charge is -2.05. The van der Waals surface area contributed by atoms with E-state index in [1.165, 1.54) is 11.3 Å². The molecular weight excluding hydrogens is 262 g/mol. The van der Waals surface area contributed by atoms with Crippen molar-refractivity contribution in [2.75, 3.05) is 7.11 Å². The van der Waals surface area contributed by atoms with Gasteiger partial charge in [0.25, 0.3) is 5.91 Å². The quantitative estimate of drug-likeness (QED) is 0.880. The Balaban J connectivity index is 1.96. The molecule has 19 heavy (non-hydrogen) atoms. The predicted molar refractivity (Wildman–Crippen MR) is 74.4 cm³/mol. The lowest BCUT2D eigenvalue weighted by Crippen LogP contribution is -2.21. The molecule has 0 aliphatic carbocycles. The van der Waals surface area contributed by atoms with Crippen molar-refractivity contribution in [3.63, 3.8) is 0 Å². The Morgan fingerprint density at radius 3 is 2.84 bits per heavy atom. The molecule has 2 N–H and O–H groups in total. The highest BCUT2D eigenvalue weighted by Gasteiger charge is 2.09. The van der Waals surface area contributed by atoms with Gasteiger partial charge in [0.15, 0.2) is 0 Å². The first kappa shape index (κ1) is 13.6. The maximum absolute atomic E-state index is 11.9. The van der Waals surface area contributed by atoms with Crippen LogP contribution in [0.15, 0.2) is 35.7 Å². The standard InChI is InChI=1S/C14H15NO3S/c1-18-12-6-13(19-9-12)14(17)15-7-10-3-2-4-11(5-10)8-16/h2-6,9,16H,7-8H2,1H3,(H,15,17). The Bertz CT molecular complexity index is 565. The zero-order valence-corrected chi connectivity index (χ0v) is 11.4. The van der Waals surface area contributed by atoms with E-state index in [-0.39, 0.29) is 12.5 Å². The van der Waals surface area contributed by atoms with Crippen molar-refractivity contribution in [3.05, 3.63) is 51.7 Å². The van der Waals surface area contributed by atoms with Gasteiger partial charge in [-0.15, -0.1) is 11.3 Å². The molecule has 1 aromatic carbocycles. The maximum Gasteiger partial charge on any atom is 0.261 e. The molecule has 0 saturated heterocycles. The van der Waals surface area contributed by atoms with Crippen LogP contribution in [0, 0.1) is 0 Å². The Hall–Kier alpha value is -1.85. The molecule has 1 heterocycles. The number of carbonyl (C=O) groups is 1. The van der Waals surface area contributed by atoms with Crippen molar-refractivity contribution in [2.24, 2.45) is 0 Å². The van der Waals surface area contributed by atoms with Crippen molar-refractivity contribution in [1.82, 2.24) is 5.32 Å². The molecule has 100 valence electrons. The molecule has 0 aliphatic heterocycles. The summed E-state index contributed by atoms with van der Waals surface area (Å²) in [7, 11) is 1.57. The van der Waals surface area contributed by atoms with Crippen LogP contribution in [0.25, 0.3) is 0 Å². The van der Waals surface area contributed by atoms with E-state index in [9.17, 15) is 4.79 Å². The van der Waals surface area contributed by atoms with Gasteiger partial charge in [-0.1, -0.05) is 24.3 Å². The number of methoxy groups -OCH3 is 1. The van der Waals surface area contributed by atoms with E-state index in [0.717, 1.165) is 11.1 Å². The second-order valence-corrected chi connectivity index (χ2v) is 4.92. The van der Waals surface area contributed by atoms with Gasteiger partial charge >= 0.3 is 0 Å². The number of nitrogens with one attached hydrogen (secondary N) is 1. The Morgan fingerprint density at radius 1 is 1.37 bits per heavy atom. The molecule has 0 aliphatic rings. The van der Waals surface area contributed by atoms with Gasteiger partial charge in [-0.3, -0.25) is 4.79 Å². The van der Waals surface area contributed by atoms with Crippen LogP contribution < -0.4 is 10.1 Å². The number of thiophene rings is 1. The van der Waals surface area contributed by atoms with E-state index in [4.69, 9.17) is 9.84 Å². The number of benzene rings is 1. The Labute approximate surface area is 115 Å². The molecule has 0 atom stereocenters. The highest BCUT2D eigenvalue weighted by atomic mass is 32.1. The van der Waals surface area contributed by atoms with Crippen LogP contribution in [0.1, 0.15) is 20.8 Å². The lowest BCUT2D eigenvalue weighted by molar-refractivity contribution is 0.0954. The van der Waals surface area contributed by atoms with E-state index in [1.54, 1.807) is 18.6 Å². The predicted octanol–water partition coefficient (Wildman–Crippen LogP) is 2.18. The number of amides is 1. The average molecular weight is 277 g/mol. The summed E-state index contributed by atoms with van der Waals surface area (Å²) in [6.07, 6.45) is 0. The number of aliphatic hydroxyl groups excluding tert-OH is 1. The normalized spacial score (nSPS) is 10.2. The molecule has 1 aromatic heterocycles. The largest absolute Gasteiger partial charge is 0.496 e. The van der Waals surface area contributed by atoms with Crippen LogP contribution >= 0.6 is 11.3 Å². The smallest absolute Gasteiger partial charge is 0.261 e. The van der Waals surface area contributed by atoms with Crippen LogP contribution in [0.5, 0.6) is 5.75 Å². The van der Waals surface area contributed by atoms with Crippen molar-refractivity contribution in [1.29, 1.82) is 0 Å². The van der Waals surface area contributed by atoms with Crippen LogP contribution in [0.3, 0.4) is 0 Å². The molecule has 0 radical (unpaired) electrons. The zero-order valence-electron chi connectivity index (χ0n) is 10.6. The van der Waals surface area contributed by atoms with Gasteiger partial charge < -0.3 is 15.2 Å².